The Morgan fingerprint density at radius 1 is 1.59 bits per heavy atom. The number of benzene rings is 1. The number of nitro benzene ring substituents is 1. The second-order valence-electron chi connectivity index (χ2n) is 3.67. The summed E-state index contributed by atoms with van der Waals surface area (Å²) in [5.41, 5.74) is 3.89. The van der Waals surface area contributed by atoms with E-state index in [1.54, 1.807) is 17.7 Å². The number of hydrogen-bond acceptors (Lipinski definition) is 5. The Balaban J connectivity index is 2.83. The van der Waals surface area contributed by atoms with Gasteiger partial charge in [-0.2, -0.15) is 5.10 Å². The minimum absolute atomic E-state index is 0.0738. The molecule has 0 bridgehead atoms. The molecular weight excluding hydrogens is 222 g/mol. The van der Waals surface area contributed by atoms with Crippen molar-refractivity contribution in [2.75, 3.05) is 5.43 Å². The number of fused-ring (bicyclic) bond motifs is 1. The number of anilines is 1. The minimum atomic E-state index is -0.404. The first-order valence-corrected chi connectivity index (χ1v) is 5.21. The number of nitrogens with one attached hydrogen (secondary N) is 1. The lowest BCUT2D eigenvalue weighted by molar-refractivity contribution is -0.385. The van der Waals surface area contributed by atoms with Crippen molar-refractivity contribution in [3.63, 3.8) is 0 Å². The van der Waals surface area contributed by atoms with E-state index < -0.39 is 4.92 Å². The summed E-state index contributed by atoms with van der Waals surface area (Å²) in [6.45, 7) is 4.26. The summed E-state index contributed by atoms with van der Waals surface area (Å²) in [4.78, 5) is 10.5. The monoisotopic (exact) mass is 235 g/mol. The molecule has 0 unspecified atom stereocenters. The van der Waals surface area contributed by atoms with E-state index in [9.17, 15) is 10.1 Å². The van der Waals surface area contributed by atoms with Crippen LogP contribution in [0.4, 0.5) is 11.5 Å². The van der Waals surface area contributed by atoms with Crippen LogP contribution in [0.2, 0.25) is 0 Å². The molecular formula is C10H13N5O2. The van der Waals surface area contributed by atoms with Crippen molar-refractivity contribution >= 4 is 22.4 Å². The van der Waals surface area contributed by atoms with E-state index in [4.69, 9.17) is 5.84 Å². The number of nitro groups is 1. The molecule has 0 atom stereocenters. The van der Waals surface area contributed by atoms with Crippen LogP contribution in [-0.2, 0) is 6.54 Å². The van der Waals surface area contributed by atoms with Crippen LogP contribution in [0.15, 0.2) is 12.1 Å². The van der Waals surface area contributed by atoms with Gasteiger partial charge in [0.25, 0.3) is 5.69 Å². The predicted molar refractivity (Wildman–Crippen MR) is 64.6 cm³/mol. The van der Waals surface area contributed by atoms with Crippen molar-refractivity contribution in [1.82, 2.24) is 9.78 Å². The largest absolute Gasteiger partial charge is 0.308 e. The summed E-state index contributed by atoms with van der Waals surface area (Å²) in [6.07, 6.45) is 0. The zero-order valence-electron chi connectivity index (χ0n) is 9.60. The van der Waals surface area contributed by atoms with Crippen LogP contribution < -0.4 is 11.3 Å². The highest BCUT2D eigenvalue weighted by molar-refractivity contribution is 5.95. The van der Waals surface area contributed by atoms with Gasteiger partial charge in [0.15, 0.2) is 0 Å². The first-order valence-electron chi connectivity index (χ1n) is 5.21. The number of aromatic nitrogens is 2. The smallest absolute Gasteiger partial charge is 0.273 e. The summed E-state index contributed by atoms with van der Waals surface area (Å²) in [6, 6.07) is 3.10. The van der Waals surface area contributed by atoms with E-state index in [-0.39, 0.29) is 5.69 Å². The molecule has 0 radical (unpaired) electrons. The lowest BCUT2D eigenvalue weighted by Gasteiger charge is -2.04. The van der Waals surface area contributed by atoms with E-state index in [2.05, 4.69) is 10.5 Å². The number of nitrogens with two attached hydrogens (primary N) is 1. The molecule has 0 fully saturated rings. The van der Waals surface area contributed by atoms with Crippen LogP contribution in [0.25, 0.3) is 10.9 Å². The zero-order valence-corrected chi connectivity index (χ0v) is 9.60. The van der Waals surface area contributed by atoms with Gasteiger partial charge in [-0.3, -0.25) is 10.1 Å². The number of nitrogens with zero attached hydrogens (tertiary/aromatic N) is 3. The quantitative estimate of drug-likeness (QED) is 0.477. The van der Waals surface area contributed by atoms with Crippen molar-refractivity contribution < 1.29 is 4.92 Å². The van der Waals surface area contributed by atoms with Crippen LogP contribution in [0, 0.1) is 17.0 Å². The summed E-state index contributed by atoms with van der Waals surface area (Å²) >= 11 is 0. The van der Waals surface area contributed by atoms with E-state index in [1.807, 2.05) is 6.92 Å². The van der Waals surface area contributed by atoms with E-state index in [0.29, 0.717) is 28.8 Å². The molecule has 3 N–H and O–H groups in total. The lowest BCUT2D eigenvalue weighted by Crippen LogP contribution is -2.12. The maximum absolute atomic E-state index is 10.9. The number of hydrazine groups is 1. The first kappa shape index (κ1) is 11.3. The van der Waals surface area contributed by atoms with Gasteiger partial charge < -0.3 is 5.43 Å². The van der Waals surface area contributed by atoms with Gasteiger partial charge in [0.05, 0.1) is 15.8 Å². The van der Waals surface area contributed by atoms with E-state index in [0.717, 1.165) is 0 Å². The Labute approximate surface area is 97.3 Å². The van der Waals surface area contributed by atoms with Crippen molar-refractivity contribution in [3.8, 4) is 0 Å². The van der Waals surface area contributed by atoms with Gasteiger partial charge in [-0.15, -0.1) is 0 Å². The fraction of sp³-hybridized carbons (Fsp3) is 0.300. The van der Waals surface area contributed by atoms with Gasteiger partial charge in [-0.1, -0.05) is 0 Å². The van der Waals surface area contributed by atoms with Gasteiger partial charge in [0.2, 0.25) is 0 Å². The molecule has 0 spiro atoms. The van der Waals surface area contributed by atoms with Crippen molar-refractivity contribution in [3.05, 3.63) is 27.8 Å². The number of rotatable bonds is 3. The Morgan fingerprint density at radius 2 is 2.29 bits per heavy atom. The van der Waals surface area contributed by atoms with Crippen LogP contribution in [0.1, 0.15) is 12.5 Å². The van der Waals surface area contributed by atoms with Crippen LogP contribution >= 0.6 is 0 Å². The maximum Gasteiger partial charge on any atom is 0.273 e. The number of aryl methyl sites for hydroxylation is 2. The molecule has 17 heavy (non-hydrogen) atoms. The molecule has 90 valence electrons. The highest BCUT2D eigenvalue weighted by Gasteiger charge is 2.19. The third-order valence-electron chi connectivity index (χ3n) is 2.77. The zero-order chi connectivity index (χ0) is 12.6. The van der Waals surface area contributed by atoms with Gasteiger partial charge in [0.1, 0.15) is 5.82 Å². The Kier molecular flexibility index (Phi) is 2.68. The molecule has 2 rings (SSSR count). The average Bonchev–Trinajstić information content (AvgIpc) is 2.67. The molecule has 7 nitrogen and oxygen atoms in total. The SMILES string of the molecule is CCn1nc2ccc([N+](=O)[O-])c(C)c2c1NN. The standard InChI is InChI=1S/C10H13N5O2/c1-3-14-10(12-11)9-6(2)8(15(16)17)5-4-7(9)13-14/h4-5,12H,3,11H2,1-2H3. The maximum atomic E-state index is 10.9. The van der Waals surface area contributed by atoms with Crippen LogP contribution in [0.3, 0.4) is 0 Å². The molecule has 0 saturated carbocycles. The van der Waals surface area contributed by atoms with Crippen molar-refractivity contribution in [1.29, 1.82) is 0 Å². The van der Waals surface area contributed by atoms with Gasteiger partial charge in [0, 0.05) is 18.2 Å². The second kappa shape index (κ2) is 4.02. The lowest BCUT2D eigenvalue weighted by atomic mass is 10.1. The second-order valence-corrected chi connectivity index (χ2v) is 3.67. The van der Waals surface area contributed by atoms with Gasteiger partial charge in [-0.05, 0) is 19.9 Å². The third kappa shape index (κ3) is 1.60. The fourth-order valence-electron chi connectivity index (χ4n) is 1.95. The van der Waals surface area contributed by atoms with Gasteiger partial charge >= 0.3 is 0 Å². The fourth-order valence-corrected chi connectivity index (χ4v) is 1.95. The molecule has 0 saturated heterocycles. The molecule has 0 aliphatic rings. The Bertz CT molecular complexity index is 590. The van der Waals surface area contributed by atoms with Crippen molar-refractivity contribution in [2.45, 2.75) is 20.4 Å². The highest BCUT2D eigenvalue weighted by atomic mass is 16.6. The minimum Gasteiger partial charge on any atom is -0.308 e. The summed E-state index contributed by atoms with van der Waals surface area (Å²) < 4.78 is 1.68. The van der Waals surface area contributed by atoms with Crippen LogP contribution in [-0.4, -0.2) is 14.7 Å². The molecule has 0 amide bonds. The van der Waals surface area contributed by atoms with Crippen LogP contribution in [0.5, 0.6) is 0 Å². The summed E-state index contributed by atoms with van der Waals surface area (Å²) in [5.74, 6) is 6.05. The average molecular weight is 235 g/mol. The van der Waals surface area contributed by atoms with Gasteiger partial charge in [-0.25, -0.2) is 10.5 Å². The highest BCUT2D eigenvalue weighted by Crippen LogP contribution is 2.31. The molecule has 1 heterocycles. The molecule has 1 aromatic heterocycles. The molecule has 0 aliphatic heterocycles. The summed E-state index contributed by atoms with van der Waals surface area (Å²) in [7, 11) is 0. The predicted octanol–water partition coefficient (Wildman–Crippen LogP) is 1.56. The van der Waals surface area contributed by atoms with E-state index >= 15 is 0 Å². The Hall–Kier alpha value is -2.15. The first-order chi connectivity index (χ1) is 8.10. The topological polar surface area (TPSA) is 99.0 Å². The third-order valence-corrected chi connectivity index (χ3v) is 2.77. The molecule has 7 heteroatoms. The molecule has 2 aromatic rings. The van der Waals surface area contributed by atoms with Crippen molar-refractivity contribution in [2.24, 2.45) is 5.84 Å². The number of hydrogen-bond donors (Lipinski definition) is 2. The Morgan fingerprint density at radius 3 is 2.82 bits per heavy atom. The number of nitrogen functional groups attached to an aromatic ring is 1. The van der Waals surface area contributed by atoms with E-state index in [1.165, 1.54) is 6.07 Å². The molecule has 1 aromatic carbocycles. The normalized spacial score (nSPS) is 10.8. The molecule has 0 aliphatic carbocycles. The summed E-state index contributed by atoms with van der Waals surface area (Å²) in [5, 5.41) is 15.9.